The lowest BCUT2D eigenvalue weighted by Gasteiger charge is -2.25. The van der Waals surface area contributed by atoms with Crippen LogP contribution in [0.5, 0.6) is 0 Å². The first kappa shape index (κ1) is 10.3. The summed E-state index contributed by atoms with van der Waals surface area (Å²) in [6.45, 7) is 1.20. The zero-order valence-electron chi connectivity index (χ0n) is 8.81. The van der Waals surface area contributed by atoms with Gasteiger partial charge in [-0.05, 0) is 12.1 Å². The van der Waals surface area contributed by atoms with Crippen LogP contribution in [0.25, 0.3) is 11.3 Å². The van der Waals surface area contributed by atoms with Crippen LogP contribution in [0.3, 0.4) is 0 Å². The fourth-order valence-electron chi connectivity index (χ4n) is 1.67. The van der Waals surface area contributed by atoms with Gasteiger partial charge in [-0.1, -0.05) is 5.21 Å². The van der Waals surface area contributed by atoms with E-state index in [2.05, 4.69) is 10.3 Å². The lowest BCUT2D eigenvalue weighted by Crippen LogP contribution is -2.30. The third-order valence-electron chi connectivity index (χ3n) is 2.66. The van der Waals surface area contributed by atoms with Crippen molar-refractivity contribution in [3.8, 4) is 11.3 Å². The number of ether oxygens (including phenoxy) is 1. The third-order valence-corrected chi connectivity index (χ3v) is 2.66. The Morgan fingerprint density at radius 3 is 2.47 bits per heavy atom. The minimum absolute atomic E-state index is 0.176. The molecule has 2 aromatic rings. The summed E-state index contributed by atoms with van der Waals surface area (Å²) < 4.78 is 32.8. The molecule has 1 aromatic heterocycles. The molecule has 1 aromatic carbocycles. The Kier molecular flexibility index (Phi) is 2.36. The van der Waals surface area contributed by atoms with Gasteiger partial charge in [0.1, 0.15) is 23.4 Å². The standard InChI is InChI=1S/C11H9F2N3O/c12-8-1-7(2-9(13)3-8)11-4-16(15-14-11)10-5-17-6-10/h1-4,10H,5-6H2. The summed E-state index contributed by atoms with van der Waals surface area (Å²) >= 11 is 0. The van der Waals surface area contributed by atoms with E-state index in [0.29, 0.717) is 24.5 Å². The maximum absolute atomic E-state index is 13.0. The highest BCUT2D eigenvalue weighted by atomic mass is 19.1. The molecule has 6 heteroatoms. The molecule has 1 saturated heterocycles. The average Bonchev–Trinajstić information content (AvgIpc) is 2.62. The smallest absolute Gasteiger partial charge is 0.126 e. The van der Waals surface area contributed by atoms with E-state index in [0.717, 1.165) is 6.07 Å². The van der Waals surface area contributed by atoms with Gasteiger partial charge in [0.15, 0.2) is 0 Å². The van der Waals surface area contributed by atoms with E-state index in [1.807, 2.05) is 0 Å². The van der Waals surface area contributed by atoms with Crippen molar-refractivity contribution in [1.29, 1.82) is 0 Å². The van der Waals surface area contributed by atoms with E-state index >= 15 is 0 Å². The Hall–Kier alpha value is -1.82. The van der Waals surface area contributed by atoms with E-state index in [-0.39, 0.29) is 6.04 Å². The molecule has 1 aliphatic rings. The van der Waals surface area contributed by atoms with Crippen LogP contribution >= 0.6 is 0 Å². The van der Waals surface area contributed by atoms with Crippen molar-refractivity contribution in [2.45, 2.75) is 6.04 Å². The molecule has 0 radical (unpaired) electrons. The molecule has 0 unspecified atom stereocenters. The molecule has 0 saturated carbocycles. The van der Waals surface area contributed by atoms with Crippen LogP contribution in [-0.4, -0.2) is 28.2 Å². The number of rotatable bonds is 2. The van der Waals surface area contributed by atoms with Gasteiger partial charge < -0.3 is 4.74 Å². The highest BCUT2D eigenvalue weighted by molar-refractivity contribution is 5.57. The second-order valence-corrected chi connectivity index (χ2v) is 3.93. The molecule has 0 spiro atoms. The van der Waals surface area contributed by atoms with Crippen molar-refractivity contribution in [2.75, 3.05) is 13.2 Å². The molecule has 88 valence electrons. The van der Waals surface area contributed by atoms with Crippen molar-refractivity contribution in [3.05, 3.63) is 36.0 Å². The van der Waals surface area contributed by atoms with Crippen molar-refractivity contribution in [1.82, 2.24) is 15.0 Å². The summed E-state index contributed by atoms with van der Waals surface area (Å²) in [7, 11) is 0. The molecule has 17 heavy (non-hydrogen) atoms. The van der Waals surface area contributed by atoms with Crippen molar-refractivity contribution in [3.63, 3.8) is 0 Å². The molecule has 0 amide bonds. The number of halogens is 2. The Balaban J connectivity index is 1.94. The largest absolute Gasteiger partial charge is 0.377 e. The summed E-state index contributed by atoms with van der Waals surface area (Å²) in [6, 6.07) is 3.46. The molecule has 0 aliphatic carbocycles. The van der Waals surface area contributed by atoms with Crippen molar-refractivity contribution < 1.29 is 13.5 Å². The maximum Gasteiger partial charge on any atom is 0.126 e. The molecule has 1 aliphatic heterocycles. The second-order valence-electron chi connectivity index (χ2n) is 3.93. The molecule has 0 bridgehead atoms. The molecule has 4 nitrogen and oxygen atoms in total. The molecule has 0 N–H and O–H groups in total. The second kappa shape index (κ2) is 3.89. The van der Waals surface area contributed by atoms with Gasteiger partial charge in [-0.2, -0.15) is 0 Å². The van der Waals surface area contributed by atoms with Gasteiger partial charge >= 0.3 is 0 Å². The van der Waals surface area contributed by atoms with Crippen molar-refractivity contribution >= 4 is 0 Å². The van der Waals surface area contributed by atoms with Gasteiger partial charge in [-0.25, -0.2) is 13.5 Å². The van der Waals surface area contributed by atoms with E-state index in [1.54, 1.807) is 10.9 Å². The zero-order chi connectivity index (χ0) is 11.8. The number of nitrogens with zero attached hydrogens (tertiary/aromatic N) is 3. The van der Waals surface area contributed by atoms with Gasteiger partial charge in [-0.3, -0.25) is 0 Å². The van der Waals surface area contributed by atoms with Gasteiger partial charge in [-0.15, -0.1) is 5.10 Å². The van der Waals surface area contributed by atoms with Gasteiger partial charge in [0.25, 0.3) is 0 Å². The minimum atomic E-state index is -0.624. The molecular formula is C11H9F2N3O. The van der Waals surface area contributed by atoms with Gasteiger partial charge in [0.2, 0.25) is 0 Å². The Morgan fingerprint density at radius 1 is 1.18 bits per heavy atom. The number of hydrogen-bond donors (Lipinski definition) is 0. The normalized spacial score (nSPS) is 15.9. The molecular weight excluding hydrogens is 228 g/mol. The van der Waals surface area contributed by atoms with Crippen LogP contribution < -0.4 is 0 Å². The predicted molar refractivity (Wildman–Crippen MR) is 55.2 cm³/mol. The van der Waals surface area contributed by atoms with Crippen molar-refractivity contribution in [2.24, 2.45) is 0 Å². The first-order valence-corrected chi connectivity index (χ1v) is 5.18. The SMILES string of the molecule is Fc1cc(F)cc(-c2cn(C3COC3)nn2)c1. The monoisotopic (exact) mass is 237 g/mol. The van der Waals surface area contributed by atoms with Crippen LogP contribution in [0.4, 0.5) is 8.78 Å². The summed E-state index contributed by atoms with van der Waals surface area (Å²) in [5, 5.41) is 7.81. The zero-order valence-corrected chi connectivity index (χ0v) is 8.81. The number of aromatic nitrogens is 3. The van der Waals surface area contributed by atoms with Gasteiger partial charge in [0.05, 0.1) is 19.4 Å². The average molecular weight is 237 g/mol. The van der Waals surface area contributed by atoms with Gasteiger partial charge in [0, 0.05) is 11.6 Å². The molecule has 1 fully saturated rings. The fraction of sp³-hybridized carbons (Fsp3) is 0.273. The molecule has 0 atom stereocenters. The Morgan fingerprint density at radius 2 is 1.88 bits per heavy atom. The lowest BCUT2D eigenvalue weighted by molar-refractivity contribution is -0.0293. The van der Waals surface area contributed by atoms with Crippen LogP contribution in [0.2, 0.25) is 0 Å². The van der Waals surface area contributed by atoms with E-state index in [9.17, 15) is 8.78 Å². The summed E-state index contributed by atoms with van der Waals surface area (Å²) in [5.74, 6) is -1.25. The van der Waals surface area contributed by atoms with E-state index in [1.165, 1.54) is 12.1 Å². The molecule has 2 heterocycles. The third kappa shape index (κ3) is 1.91. The summed E-state index contributed by atoms with van der Waals surface area (Å²) in [5.41, 5.74) is 0.837. The summed E-state index contributed by atoms with van der Waals surface area (Å²) in [4.78, 5) is 0. The Bertz CT molecular complexity index is 531. The highest BCUT2D eigenvalue weighted by Gasteiger charge is 2.22. The number of hydrogen-bond acceptors (Lipinski definition) is 3. The Labute approximate surface area is 95.8 Å². The first-order valence-electron chi connectivity index (χ1n) is 5.18. The highest BCUT2D eigenvalue weighted by Crippen LogP contribution is 2.22. The number of benzene rings is 1. The van der Waals surface area contributed by atoms with Crippen LogP contribution in [0.1, 0.15) is 6.04 Å². The first-order chi connectivity index (χ1) is 8.22. The topological polar surface area (TPSA) is 39.9 Å². The van der Waals surface area contributed by atoms with Crippen LogP contribution in [-0.2, 0) is 4.74 Å². The summed E-state index contributed by atoms with van der Waals surface area (Å²) in [6.07, 6.45) is 1.67. The quantitative estimate of drug-likeness (QED) is 0.799. The lowest BCUT2D eigenvalue weighted by atomic mass is 10.1. The maximum atomic E-state index is 13.0. The van der Waals surface area contributed by atoms with E-state index in [4.69, 9.17) is 4.74 Å². The van der Waals surface area contributed by atoms with Crippen LogP contribution in [0, 0.1) is 11.6 Å². The predicted octanol–water partition coefficient (Wildman–Crippen LogP) is 1.79. The minimum Gasteiger partial charge on any atom is -0.377 e. The van der Waals surface area contributed by atoms with E-state index < -0.39 is 11.6 Å². The molecule has 3 rings (SSSR count). The van der Waals surface area contributed by atoms with Crippen LogP contribution in [0.15, 0.2) is 24.4 Å². The fourth-order valence-corrected chi connectivity index (χ4v) is 1.67.